The summed E-state index contributed by atoms with van der Waals surface area (Å²) in [7, 11) is 3.05. The van der Waals surface area contributed by atoms with Crippen LogP contribution in [0.1, 0.15) is 64.8 Å². The Morgan fingerprint density at radius 3 is 2.36 bits per heavy atom. The molecular formula is C42H46Cl2FN7O6. The minimum atomic E-state index is -0.808. The van der Waals surface area contributed by atoms with Gasteiger partial charge >= 0.3 is 6.09 Å². The van der Waals surface area contributed by atoms with Crippen LogP contribution in [0.3, 0.4) is 0 Å². The molecule has 4 heterocycles. The number of nitrogens with one attached hydrogen (secondary N) is 2. The minimum absolute atomic E-state index is 0.0322. The van der Waals surface area contributed by atoms with E-state index in [0.29, 0.717) is 76.4 Å². The first kappa shape index (κ1) is 41.2. The highest BCUT2D eigenvalue weighted by Gasteiger charge is 2.38. The smallest absolute Gasteiger partial charge is 0.410 e. The van der Waals surface area contributed by atoms with Gasteiger partial charge in [0, 0.05) is 72.2 Å². The third-order valence-electron chi connectivity index (χ3n) is 10.5. The number of hydrogen-bond acceptors (Lipinski definition) is 9. The Kier molecular flexibility index (Phi) is 11.3. The van der Waals surface area contributed by atoms with Gasteiger partial charge in [-0.25, -0.2) is 18.7 Å². The number of aromatic nitrogens is 4. The second kappa shape index (κ2) is 16.0. The van der Waals surface area contributed by atoms with E-state index in [0.717, 1.165) is 0 Å². The lowest BCUT2D eigenvalue weighted by atomic mass is 9.77. The van der Waals surface area contributed by atoms with Crippen molar-refractivity contribution in [2.75, 3.05) is 13.7 Å². The first-order valence-electron chi connectivity index (χ1n) is 19.0. The molecular weight excluding hydrogens is 788 g/mol. The van der Waals surface area contributed by atoms with Crippen LogP contribution >= 0.6 is 23.2 Å². The number of carbonyl (C=O) groups excluding carboxylic acids is 2. The zero-order chi connectivity index (χ0) is 41.7. The Bertz CT molecular complexity index is 2470. The fourth-order valence-corrected chi connectivity index (χ4v) is 8.19. The molecule has 13 nitrogen and oxygen atoms in total. The molecule has 306 valence electrons. The zero-order valence-corrected chi connectivity index (χ0v) is 34.7. The second-order valence-corrected chi connectivity index (χ2v) is 17.1. The number of carbonyl (C=O) groups is 2. The highest BCUT2D eigenvalue weighted by atomic mass is 35.5. The molecule has 1 aliphatic carbocycles. The van der Waals surface area contributed by atoms with Crippen molar-refractivity contribution in [3.05, 3.63) is 92.3 Å². The lowest BCUT2D eigenvalue weighted by Crippen LogP contribution is -2.51. The molecule has 2 aromatic carbocycles. The van der Waals surface area contributed by atoms with Gasteiger partial charge in [-0.1, -0.05) is 59.6 Å². The predicted molar refractivity (Wildman–Crippen MR) is 219 cm³/mol. The summed E-state index contributed by atoms with van der Waals surface area (Å²) in [5, 5.41) is 21.7. The Morgan fingerprint density at radius 2 is 1.74 bits per heavy atom. The van der Waals surface area contributed by atoms with E-state index in [9.17, 15) is 19.5 Å². The Balaban J connectivity index is 1.18. The van der Waals surface area contributed by atoms with Gasteiger partial charge < -0.3 is 30.1 Å². The molecule has 7 rings (SSSR count). The summed E-state index contributed by atoms with van der Waals surface area (Å²) in [4.78, 5) is 44.6. The lowest BCUT2D eigenvalue weighted by Gasteiger charge is -2.41. The molecule has 0 spiro atoms. The first-order chi connectivity index (χ1) is 27.4. The fraction of sp³-hybridized carbons (Fsp3) is 0.405. The zero-order valence-electron chi connectivity index (χ0n) is 33.2. The maximum Gasteiger partial charge on any atom is 0.410 e. The predicted octanol–water partition coefficient (Wildman–Crippen LogP) is 6.90. The number of pyridine rings is 1. The number of amides is 2. The van der Waals surface area contributed by atoms with E-state index in [4.69, 9.17) is 37.8 Å². The fourth-order valence-electron chi connectivity index (χ4n) is 7.53. The van der Waals surface area contributed by atoms with Gasteiger partial charge in [-0.05, 0) is 53.0 Å². The normalized spacial score (nSPS) is 19.2. The van der Waals surface area contributed by atoms with Crippen LogP contribution in [0.5, 0.6) is 5.88 Å². The molecule has 2 aliphatic rings. The van der Waals surface area contributed by atoms with Crippen molar-refractivity contribution >= 4 is 40.7 Å². The third-order valence-corrected chi connectivity index (χ3v) is 11.3. The summed E-state index contributed by atoms with van der Waals surface area (Å²) >= 11 is 14.2. The quantitative estimate of drug-likeness (QED) is 0.129. The van der Waals surface area contributed by atoms with Gasteiger partial charge in [0.2, 0.25) is 11.8 Å². The maximum absolute atomic E-state index is 16.2. The molecule has 58 heavy (non-hydrogen) atoms. The number of aliphatic hydroxyl groups is 1. The molecule has 1 saturated carbocycles. The Labute approximate surface area is 345 Å². The lowest BCUT2D eigenvalue weighted by molar-refractivity contribution is -0.119. The summed E-state index contributed by atoms with van der Waals surface area (Å²) in [6, 6.07) is 13.6. The average molecular weight is 835 g/mol. The van der Waals surface area contributed by atoms with E-state index >= 15 is 4.39 Å². The first-order valence-corrected chi connectivity index (χ1v) is 19.8. The van der Waals surface area contributed by atoms with Gasteiger partial charge in [-0.15, -0.1) is 0 Å². The van der Waals surface area contributed by atoms with E-state index in [-0.39, 0.29) is 58.8 Å². The topological polar surface area (TPSA) is 152 Å². The molecule has 5 aromatic rings. The van der Waals surface area contributed by atoms with Crippen LogP contribution in [0.4, 0.5) is 9.18 Å². The van der Waals surface area contributed by atoms with Crippen molar-refractivity contribution in [2.45, 2.75) is 89.8 Å². The van der Waals surface area contributed by atoms with E-state index in [1.807, 2.05) is 18.2 Å². The molecule has 3 N–H and O–H groups in total. The standard InChI is InChI=1S/C42H46Cl2FN7O6/c1-41(2,3)58-40(55)51(21-24-13-14-35(53)47-24)22-30-31(45)16-32(48-38(30)57-6)29-12-8-11-28(37(29)44)27-10-7-9-26(36(27)43)23-15-33-39(54)50(5)34(49-52(33)20-23)19-46-25-17-42(4,56)18-25/h7-12,15-16,20,24-25,46,56H,13-14,17-19,21-22H2,1-6H3,(H,47,53). The summed E-state index contributed by atoms with van der Waals surface area (Å²) < 4.78 is 30.5. The molecule has 2 fully saturated rings. The van der Waals surface area contributed by atoms with Crippen molar-refractivity contribution in [3.8, 4) is 39.4 Å². The highest BCUT2D eigenvalue weighted by molar-refractivity contribution is 6.39. The largest absolute Gasteiger partial charge is 0.481 e. The number of hydrogen-bond donors (Lipinski definition) is 3. The molecule has 2 amide bonds. The minimum Gasteiger partial charge on any atom is -0.481 e. The number of methoxy groups -OCH3 is 1. The summed E-state index contributed by atoms with van der Waals surface area (Å²) in [6.45, 7) is 7.27. The third kappa shape index (κ3) is 8.56. The maximum atomic E-state index is 16.2. The van der Waals surface area contributed by atoms with Gasteiger partial charge in [0.15, 0.2) is 0 Å². The number of rotatable bonds is 11. The average Bonchev–Trinajstić information content (AvgIpc) is 3.77. The molecule has 0 radical (unpaired) electrons. The van der Waals surface area contributed by atoms with E-state index in [1.165, 1.54) is 22.6 Å². The molecule has 3 aromatic heterocycles. The van der Waals surface area contributed by atoms with Crippen LogP contribution in [0.15, 0.2) is 59.5 Å². The van der Waals surface area contributed by atoms with Crippen LogP contribution < -0.4 is 20.9 Å². The number of ether oxygens (including phenoxy) is 2. The Morgan fingerprint density at radius 1 is 1.09 bits per heavy atom. The van der Waals surface area contributed by atoms with Crippen LogP contribution in [0.2, 0.25) is 10.0 Å². The number of nitrogens with zero attached hydrogens (tertiary/aromatic N) is 5. The summed E-state index contributed by atoms with van der Waals surface area (Å²) in [6.07, 6.45) is 3.22. The van der Waals surface area contributed by atoms with Gasteiger partial charge in [-0.2, -0.15) is 5.10 Å². The van der Waals surface area contributed by atoms with E-state index < -0.39 is 23.1 Å². The van der Waals surface area contributed by atoms with Crippen molar-refractivity contribution < 1.29 is 28.6 Å². The van der Waals surface area contributed by atoms with Crippen molar-refractivity contribution in [1.29, 1.82) is 0 Å². The second-order valence-electron chi connectivity index (χ2n) is 16.3. The molecule has 1 atom stereocenters. The van der Waals surface area contributed by atoms with E-state index in [1.54, 1.807) is 69.7 Å². The number of halogens is 3. The van der Waals surface area contributed by atoms with Gasteiger partial charge in [0.25, 0.3) is 5.56 Å². The van der Waals surface area contributed by atoms with Gasteiger partial charge in [0.05, 0.1) is 47.1 Å². The Hall–Kier alpha value is -5.02. The molecule has 1 unspecified atom stereocenters. The van der Waals surface area contributed by atoms with Crippen LogP contribution in [0, 0.1) is 5.82 Å². The van der Waals surface area contributed by atoms with Crippen LogP contribution in [-0.2, 0) is 29.7 Å². The number of benzene rings is 2. The molecule has 0 bridgehead atoms. The van der Waals surface area contributed by atoms with Gasteiger partial charge in [-0.3, -0.25) is 14.2 Å². The highest BCUT2D eigenvalue weighted by Crippen LogP contribution is 2.43. The SMILES string of the molecule is COc1nc(-c2cccc(-c3cccc(-c4cc5c(=O)n(C)c(CNC6CC(C)(O)C6)nn5c4)c3Cl)c2Cl)cc(F)c1CN(CC1CCC(=O)N1)C(=O)OC(C)(C)C. The van der Waals surface area contributed by atoms with Crippen LogP contribution in [0.25, 0.3) is 39.0 Å². The summed E-state index contributed by atoms with van der Waals surface area (Å²) in [5.41, 5.74) is 1.79. The monoisotopic (exact) mass is 833 g/mol. The molecule has 1 aliphatic heterocycles. The summed E-state index contributed by atoms with van der Waals surface area (Å²) in [5.74, 6) is -0.290. The molecule has 16 heteroatoms. The van der Waals surface area contributed by atoms with Gasteiger partial charge in [0.1, 0.15) is 22.8 Å². The van der Waals surface area contributed by atoms with E-state index in [2.05, 4.69) is 15.6 Å². The van der Waals surface area contributed by atoms with Crippen LogP contribution in [-0.4, -0.2) is 78.1 Å². The molecule has 1 saturated heterocycles. The number of fused-ring (bicyclic) bond motifs is 1. The van der Waals surface area contributed by atoms with Crippen molar-refractivity contribution in [3.63, 3.8) is 0 Å². The van der Waals surface area contributed by atoms with Crippen molar-refractivity contribution in [2.24, 2.45) is 7.05 Å². The van der Waals surface area contributed by atoms with Crippen molar-refractivity contribution in [1.82, 2.24) is 34.7 Å².